The summed E-state index contributed by atoms with van der Waals surface area (Å²) in [5.74, 6) is -2.07. The van der Waals surface area contributed by atoms with Gasteiger partial charge in [-0.2, -0.15) is 0 Å². The molecular formula is C65H52O8. The van der Waals surface area contributed by atoms with Crippen LogP contribution in [0.4, 0.5) is 0 Å². The summed E-state index contributed by atoms with van der Waals surface area (Å²) in [7, 11) is 0. The maximum absolute atomic E-state index is 14.1. The molecule has 0 amide bonds. The molecule has 0 bridgehead atoms. The van der Waals surface area contributed by atoms with Gasteiger partial charge in [-0.1, -0.05) is 170 Å². The fourth-order valence-corrected chi connectivity index (χ4v) is 11.6. The van der Waals surface area contributed by atoms with Gasteiger partial charge in [0, 0.05) is 0 Å². The van der Waals surface area contributed by atoms with Crippen LogP contribution in [0.1, 0.15) is 66.8 Å². The van der Waals surface area contributed by atoms with E-state index in [4.69, 9.17) is 18.9 Å². The van der Waals surface area contributed by atoms with Crippen LogP contribution in [0.15, 0.2) is 170 Å². The van der Waals surface area contributed by atoms with Gasteiger partial charge in [0.25, 0.3) is 0 Å². The number of rotatable bonds is 16. The highest BCUT2D eigenvalue weighted by molar-refractivity contribution is 5.85. The minimum Gasteiger partial charge on any atom is -0.464 e. The standard InChI is InChI=1S/C65H52O8/c66-61(33-45-17-9-25-53-49-21-5-1-13-41(49)29-57(45)53)70-37-65(38-71-62(67)34-46-18-10-26-54-50-22-6-2-14-42(50)30-58(46)54,39-72-63(68)35-47-19-11-27-55-51-23-7-3-15-43(51)31-59(47)55)40-73-64(69)36-48-20-12-28-56-52-24-8-4-16-44(52)32-60(48)56/h1-28H,29-40H2. The molecule has 0 atom stereocenters. The second-order valence-electron chi connectivity index (χ2n) is 20.0. The minimum absolute atomic E-state index is 0.0167. The zero-order chi connectivity index (χ0) is 49.5. The number of carbonyl (C=O) groups is 4. The van der Waals surface area contributed by atoms with E-state index < -0.39 is 29.3 Å². The van der Waals surface area contributed by atoms with E-state index in [9.17, 15) is 19.2 Å². The van der Waals surface area contributed by atoms with E-state index in [-0.39, 0.29) is 52.1 Å². The predicted molar refractivity (Wildman–Crippen MR) is 280 cm³/mol. The first-order chi connectivity index (χ1) is 35.8. The second-order valence-corrected chi connectivity index (χ2v) is 20.0. The Morgan fingerprint density at radius 2 is 0.507 bits per heavy atom. The van der Waals surface area contributed by atoms with Crippen molar-refractivity contribution in [1.82, 2.24) is 0 Å². The molecule has 4 aliphatic rings. The number of ether oxygens (including phenoxy) is 4. The minimum atomic E-state index is -1.48. The van der Waals surface area contributed by atoms with E-state index in [1.165, 1.54) is 22.3 Å². The summed E-state index contributed by atoms with van der Waals surface area (Å²) in [4.78, 5) is 56.5. The Bertz CT molecular complexity index is 3060. The highest BCUT2D eigenvalue weighted by atomic mass is 16.6. The van der Waals surface area contributed by atoms with E-state index >= 15 is 0 Å². The van der Waals surface area contributed by atoms with E-state index in [1.807, 2.05) is 97.1 Å². The Balaban J connectivity index is 0.821. The van der Waals surface area contributed by atoms with E-state index in [1.54, 1.807) is 0 Å². The predicted octanol–water partition coefficient (Wildman–Crippen LogP) is 11.4. The molecule has 8 heteroatoms. The van der Waals surface area contributed by atoms with Gasteiger partial charge in [-0.15, -0.1) is 0 Å². The lowest BCUT2D eigenvalue weighted by atomic mass is 9.91. The number of benzene rings is 8. The first-order valence-corrected chi connectivity index (χ1v) is 25.1. The molecule has 0 N–H and O–H groups in total. The average molecular weight is 961 g/mol. The van der Waals surface area contributed by atoms with Crippen LogP contribution in [0.3, 0.4) is 0 Å². The van der Waals surface area contributed by atoms with Crippen molar-refractivity contribution in [3.63, 3.8) is 0 Å². The summed E-state index contributed by atoms with van der Waals surface area (Å²) in [6.07, 6.45) is 2.73. The van der Waals surface area contributed by atoms with Gasteiger partial charge in [-0.3, -0.25) is 19.2 Å². The van der Waals surface area contributed by atoms with Crippen LogP contribution in [0.2, 0.25) is 0 Å². The van der Waals surface area contributed by atoms with Crippen LogP contribution in [-0.2, 0) is 89.5 Å². The van der Waals surface area contributed by atoms with Gasteiger partial charge in [-0.05, 0) is 137 Å². The number of hydrogen-bond acceptors (Lipinski definition) is 8. The molecule has 360 valence electrons. The first kappa shape index (κ1) is 45.8. The summed E-state index contributed by atoms with van der Waals surface area (Å²) in [5, 5.41) is 0. The largest absolute Gasteiger partial charge is 0.464 e. The van der Waals surface area contributed by atoms with Crippen LogP contribution >= 0.6 is 0 Å². The fraction of sp³-hybridized carbons (Fsp3) is 0.200. The number of esters is 4. The average Bonchev–Trinajstić information content (AvgIpc) is 4.20. The van der Waals surface area contributed by atoms with E-state index in [2.05, 4.69) is 72.8 Å². The van der Waals surface area contributed by atoms with Crippen molar-refractivity contribution in [2.75, 3.05) is 26.4 Å². The third-order valence-electron chi connectivity index (χ3n) is 15.3. The number of carbonyl (C=O) groups excluding carboxylic acids is 4. The smallest absolute Gasteiger partial charge is 0.310 e. The summed E-state index contributed by atoms with van der Waals surface area (Å²) < 4.78 is 24.7. The molecule has 12 rings (SSSR count). The summed E-state index contributed by atoms with van der Waals surface area (Å²) >= 11 is 0. The van der Waals surface area contributed by atoms with Crippen molar-refractivity contribution in [3.8, 4) is 44.5 Å². The molecule has 8 nitrogen and oxygen atoms in total. The molecule has 0 saturated heterocycles. The second kappa shape index (κ2) is 19.3. The molecule has 0 saturated carbocycles. The van der Waals surface area contributed by atoms with Crippen molar-refractivity contribution < 1.29 is 38.1 Å². The third kappa shape index (κ3) is 9.03. The molecule has 0 aliphatic heterocycles. The van der Waals surface area contributed by atoms with E-state index in [0.29, 0.717) is 25.7 Å². The molecule has 0 unspecified atom stereocenters. The third-order valence-corrected chi connectivity index (χ3v) is 15.3. The lowest BCUT2D eigenvalue weighted by Crippen LogP contribution is -2.44. The zero-order valence-corrected chi connectivity index (χ0v) is 40.4. The van der Waals surface area contributed by atoms with Crippen LogP contribution in [0, 0.1) is 5.41 Å². The molecule has 0 spiro atoms. The first-order valence-electron chi connectivity index (χ1n) is 25.1. The molecule has 0 radical (unpaired) electrons. The van der Waals surface area contributed by atoms with Crippen molar-refractivity contribution in [1.29, 1.82) is 0 Å². The normalized spacial score (nSPS) is 12.8. The van der Waals surface area contributed by atoms with Gasteiger partial charge in [0.15, 0.2) is 0 Å². The van der Waals surface area contributed by atoms with E-state index in [0.717, 1.165) is 89.0 Å². The van der Waals surface area contributed by atoms with Gasteiger partial charge in [0.05, 0.1) is 25.7 Å². The van der Waals surface area contributed by atoms with Crippen LogP contribution in [0.5, 0.6) is 0 Å². The molecule has 8 aromatic rings. The molecule has 8 aromatic carbocycles. The quantitative estimate of drug-likeness (QED) is 0.0696. The topological polar surface area (TPSA) is 105 Å². The van der Waals surface area contributed by atoms with Crippen molar-refractivity contribution in [2.45, 2.75) is 51.4 Å². The van der Waals surface area contributed by atoms with Crippen molar-refractivity contribution >= 4 is 23.9 Å². The Morgan fingerprint density at radius 1 is 0.288 bits per heavy atom. The Hall–Kier alpha value is -8.36. The molecule has 73 heavy (non-hydrogen) atoms. The van der Waals surface area contributed by atoms with Crippen molar-refractivity contribution in [2.24, 2.45) is 5.41 Å². The SMILES string of the molecule is O=C(Cc1cccc2c1Cc1ccccc1-2)OCC(COC(=O)Cc1cccc2c1Cc1ccccc1-2)(COC(=O)Cc1cccc2c1Cc1ccccc1-2)COC(=O)Cc1cccc2c1Cc1ccccc1-2. The monoisotopic (exact) mass is 960 g/mol. The zero-order valence-electron chi connectivity index (χ0n) is 40.4. The van der Waals surface area contributed by atoms with Crippen LogP contribution < -0.4 is 0 Å². The Morgan fingerprint density at radius 3 is 0.753 bits per heavy atom. The van der Waals surface area contributed by atoms with Gasteiger partial charge < -0.3 is 18.9 Å². The molecular weight excluding hydrogens is 909 g/mol. The van der Waals surface area contributed by atoms with Gasteiger partial charge >= 0.3 is 23.9 Å². The van der Waals surface area contributed by atoms with Crippen LogP contribution in [0.25, 0.3) is 44.5 Å². The lowest BCUT2D eigenvalue weighted by Gasteiger charge is -2.32. The van der Waals surface area contributed by atoms with Gasteiger partial charge in [0.1, 0.15) is 31.8 Å². The maximum Gasteiger partial charge on any atom is 0.310 e. The maximum atomic E-state index is 14.1. The highest BCUT2D eigenvalue weighted by Gasteiger charge is 2.39. The fourth-order valence-electron chi connectivity index (χ4n) is 11.6. The Kier molecular flexibility index (Phi) is 12.1. The van der Waals surface area contributed by atoms with Gasteiger partial charge in [-0.25, -0.2) is 0 Å². The molecule has 0 fully saturated rings. The highest BCUT2D eigenvalue weighted by Crippen LogP contribution is 2.42. The molecule has 4 aliphatic carbocycles. The van der Waals surface area contributed by atoms with Crippen molar-refractivity contribution in [3.05, 3.63) is 237 Å². The molecule has 0 aromatic heterocycles. The number of hydrogen-bond donors (Lipinski definition) is 0. The Labute approximate surface area is 424 Å². The molecule has 0 heterocycles. The summed E-state index contributed by atoms with van der Waals surface area (Å²) in [5.41, 5.74) is 20.0. The van der Waals surface area contributed by atoms with Gasteiger partial charge in [0.2, 0.25) is 0 Å². The number of fused-ring (bicyclic) bond motifs is 12. The summed E-state index contributed by atoms with van der Waals surface area (Å²) in [6, 6.07) is 56.9. The lowest BCUT2D eigenvalue weighted by molar-refractivity contribution is -0.169. The van der Waals surface area contributed by atoms with Crippen LogP contribution in [-0.4, -0.2) is 50.3 Å². The summed E-state index contributed by atoms with van der Waals surface area (Å²) in [6.45, 7) is -1.46.